The molecular weight excluding hydrogens is 283 g/mol. The molecule has 0 amide bonds. The van der Waals surface area contributed by atoms with E-state index in [0.717, 1.165) is 19.3 Å². The van der Waals surface area contributed by atoms with Gasteiger partial charge in [0.05, 0.1) is 0 Å². The van der Waals surface area contributed by atoms with E-state index in [0.29, 0.717) is 6.42 Å². The highest BCUT2D eigenvalue weighted by Gasteiger charge is 2.39. The Kier molecular flexibility index (Phi) is 8.81. The summed E-state index contributed by atoms with van der Waals surface area (Å²) in [7, 11) is -4.24. The van der Waals surface area contributed by atoms with Crippen molar-refractivity contribution in [1.29, 1.82) is 0 Å². The van der Waals surface area contributed by atoms with E-state index in [1.165, 1.54) is 12.8 Å². The fourth-order valence-corrected chi connectivity index (χ4v) is 3.22. The average molecular weight is 305 g/mol. The van der Waals surface area contributed by atoms with Gasteiger partial charge < -0.3 is 0 Å². The molecule has 0 aromatic carbocycles. The highest BCUT2D eigenvalue weighted by atomic mass is 35.5. The van der Waals surface area contributed by atoms with Crippen molar-refractivity contribution in [3.05, 3.63) is 0 Å². The fraction of sp³-hybridized carbons (Fsp3) is 1.00. The number of hydrogen-bond acceptors (Lipinski definition) is 2. The molecule has 0 saturated carbocycles. The van der Waals surface area contributed by atoms with E-state index in [2.05, 4.69) is 6.92 Å². The van der Waals surface area contributed by atoms with Crippen LogP contribution >= 0.6 is 23.2 Å². The molecule has 0 aromatic heterocycles. The maximum absolute atomic E-state index is 11.2. The van der Waals surface area contributed by atoms with Gasteiger partial charge >= 0.3 is 0 Å². The van der Waals surface area contributed by atoms with Crippen LogP contribution in [0.3, 0.4) is 0 Å². The zero-order valence-corrected chi connectivity index (χ0v) is 12.6. The van der Waals surface area contributed by atoms with Gasteiger partial charge in [-0.15, -0.1) is 11.6 Å². The predicted octanol–water partition coefficient (Wildman–Crippen LogP) is 4.19. The fourth-order valence-electron chi connectivity index (χ4n) is 1.69. The van der Waals surface area contributed by atoms with Crippen LogP contribution in [0.15, 0.2) is 0 Å². The molecule has 0 radical (unpaired) electrons. The smallest absolute Gasteiger partial charge is 0.284 e. The Morgan fingerprint density at radius 1 is 1.06 bits per heavy atom. The van der Waals surface area contributed by atoms with Crippen LogP contribution in [-0.2, 0) is 10.1 Å². The van der Waals surface area contributed by atoms with Gasteiger partial charge in [0.25, 0.3) is 10.1 Å². The summed E-state index contributed by atoms with van der Waals surface area (Å²) >= 11 is 11.4. The van der Waals surface area contributed by atoms with Crippen LogP contribution < -0.4 is 0 Å². The minimum atomic E-state index is -4.24. The summed E-state index contributed by atoms with van der Waals surface area (Å²) in [4.78, 5) is 0. The van der Waals surface area contributed by atoms with Crippen molar-refractivity contribution in [2.45, 2.75) is 62.5 Å². The molecule has 0 aliphatic heterocycles. The maximum atomic E-state index is 11.2. The first-order valence-corrected chi connectivity index (χ1v) is 8.44. The Hall–Kier alpha value is 0.490. The molecule has 1 unspecified atom stereocenters. The van der Waals surface area contributed by atoms with Gasteiger partial charge in [-0.2, -0.15) is 8.42 Å². The molecule has 3 nitrogen and oxygen atoms in total. The molecule has 104 valence electrons. The number of unbranched alkanes of at least 4 members (excludes halogenated alkanes) is 5. The van der Waals surface area contributed by atoms with Crippen molar-refractivity contribution in [3.63, 3.8) is 0 Å². The molecule has 0 aromatic rings. The zero-order chi connectivity index (χ0) is 13.4. The zero-order valence-electron chi connectivity index (χ0n) is 10.3. The average Bonchev–Trinajstić information content (AvgIpc) is 2.22. The second kappa shape index (κ2) is 8.57. The third-order valence-electron chi connectivity index (χ3n) is 2.83. The van der Waals surface area contributed by atoms with Crippen molar-refractivity contribution >= 4 is 33.3 Å². The van der Waals surface area contributed by atoms with Crippen molar-refractivity contribution in [1.82, 2.24) is 0 Å². The molecule has 0 saturated heterocycles. The Bertz CT molecular complexity index is 293. The first kappa shape index (κ1) is 17.5. The standard InChI is InChI=1S/C11H22Cl2O3S/c1-2-3-4-5-6-7-8-11(13,9-10-12)17(14,15)16/h2-10H2,1H3,(H,14,15,16). The molecule has 0 aliphatic carbocycles. The lowest BCUT2D eigenvalue weighted by atomic mass is 10.1. The van der Waals surface area contributed by atoms with E-state index in [9.17, 15) is 8.42 Å². The molecule has 17 heavy (non-hydrogen) atoms. The topological polar surface area (TPSA) is 54.4 Å². The summed E-state index contributed by atoms with van der Waals surface area (Å²) in [5.41, 5.74) is 0. The van der Waals surface area contributed by atoms with Crippen LogP contribution in [0.25, 0.3) is 0 Å². The van der Waals surface area contributed by atoms with Gasteiger partial charge in [-0.3, -0.25) is 4.55 Å². The largest absolute Gasteiger partial charge is 0.284 e. The first-order chi connectivity index (χ1) is 7.87. The maximum Gasteiger partial charge on any atom is 0.284 e. The highest BCUT2D eigenvalue weighted by molar-refractivity contribution is 7.88. The number of hydrogen-bond donors (Lipinski definition) is 1. The van der Waals surface area contributed by atoms with E-state index in [1.54, 1.807) is 0 Å². The van der Waals surface area contributed by atoms with Gasteiger partial charge in [-0.25, -0.2) is 0 Å². The lowest BCUT2D eigenvalue weighted by molar-refractivity contribution is 0.439. The van der Waals surface area contributed by atoms with E-state index in [4.69, 9.17) is 27.8 Å². The molecule has 0 spiro atoms. The van der Waals surface area contributed by atoms with Crippen LogP contribution in [0.2, 0.25) is 0 Å². The highest BCUT2D eigenvalue weighted by Crippen LogP contribution is 2.33. The Morgan fingerprint density at radius 3 is 2.06 bits per heavy atom. The van der Waals surface area contributed by atoms with Gasteiger partial charge in [-0.05, 0) is 12.8 Å². The molecule has 0 rings (SSSR count). The van der Waals surface area contributed by atoms with E-state index < -0.39 is 14.3 Å². The second-order valence-corrected chi connectivity index (χ2v) is 7.37. The summed E-state index contributed by atoms with van der Waals surface area (Å²) in [6.07, 6.45) is 6.58. The minimum Gasteiger partial charge on any atom is -0.284 e. The van der Waals surface area contributed by atoms with Gasteiger partial charge in [0.1, 0.15) is 0 Å². The monoisotopic (exact) mass is 304 g/mol. The third-order valence-corrected chi connectivity index (χ3v) is 5.32. The van der Waals surface area contributed by atoms with Crippen molar-refractivity contribution in [2.75, 3.05) is 5.88 Å². The van der Waals surface area contributed by atoms with Crippen LogP contribution in [0.1, 0.15) is 58.3 Å². The third kappa shape index (κ3) is 6.85. The Labute approximate surface area is 115 Å². The van der Waals surface area contributed by atoms with Crippen molar-refractivity contribution in [2.24, 2.45) is 0 Å². The molecule has 1 N–H and O–H groups in total. The summed E-state index contributed by atoms with van der Waals surface area (Å²) in [5.74, 6) is 0.124. The number of alkyl halides is 2. The van der Waals surface area contributed by atoms with E-state index in [-0.39, 0.29) is 18.7 Å². The van der Waals surface area contributed by atoms with E-state index >= 15 is 0 Å². The predicted molar refractivity (Wildman–Crippen MR) is 73.5 cm³/mol. The summed E-state index contributed by atoms with van der Waals surface area (Å²) in [5, 5.41) is 0. The summed E-state index contributed by atoms with van der Waals surface area (Å²) < 4.78 is 29.8. The first-order valence-electron chi connectivity index (χ1n) is 6.09. The normalized spacial score (nSPS) is 15.8. The van der Waals surface area contributed by atoms with E-state index in [1.807, 2.05) is 0 Å². The molecule has 6 heteroatoms. The van der Waals surface area contributed by atoms with Crippen molar-refractivity contribution < 1.29 is 13.0 Å². The molecule has 0 aliphatic rings. The van der Waals surface area contributed by atoms with Gasteiger partial charge in [-0.1, -0.05) is 57.0 Å². The minimum absolute atomic E-state index is 0.0733. The lowest BCUT2D eigenvalue weighted by Gasteiger charge is -2.22. The molecular formula is C11H22Cl2O3S. The Balaban J connectivity index is 4.03. The summed E-state index contributed by atoms with van der Waals surface area (Å²) in [6, 6.07) is 0. The van der Waals surface area contributed by atoms with Crippen LogP contribution in [0, 0.1) is 0 Å². The molecule has 0 bridgehead atoms. The van der Waals surface area contributed by atoms with Gasteiger partial charge in [0.2, 0.25) is 0 Å². The number of halogens is 2. The molecule has 0 heterocycles. The van der Waals surface area contributed by atoms with Gasteiger partial charge in [0, 0.05) is 5.88 Å². The van der Waals surface area contributed by atoms with Crippen LogP contribution in [-0.4, -0.2) is 23.1 Å². The molecule has 0 fully saturated rings. The quantitative estimate of drug-likeness (QED) is 0.374. The van der Waals surface area contributed by atoms with Crippen LogP contribution in [0.4, 0.5) is 0 Å². The number of rotatable bonds is 10. The van der Waals surface area contributed by atoms with Crippen LogP contribution in [0.5, 0.6) is 0 Å². The van der Waals surface area contributed by atoms with Gasteiger partial charge in [0.15, 0.2) is 4.21 Å². The summed E-state index contributed by atoms with van der Waals surface area (Å²) in [6.45, 7) is 2.14. The molecule has 1 atom stereocenters. The SMILES string of the molecule is CCCCCCCCC(Cl)(CCCl)S(=O)(=O)O. The lowest BCUT2D eigenvalue weighted by Crippen LogP contribution is -2.32. The second-order valence-electron chi connectivity index (χ2n) is 4.31. The Morgan fingerprint density at radius 2 is 1.59 bits per heavy atom. The van der Waals surface area contributed by atoms with Crippen molar-refractivity contribution in [3.8, 4) is 0 Å².